The van der Waals surface area contributed by atoms with Crippen molar-refractivity contribution in [2.24, 2.45) is 5.73 Å². The van der Waals surface area contributed by atoms with Gasteiger partial charge in [-0.1, -0.05) is 23.7 Å². The molecule has 0 aromatic heterocycles. The number of primary amides is 1. The predicted octanol–water partition coefficient (Wildman–Crippen LogP) is 2.44. The van der Waals surface area contributed by atoms with Gasteiger partial charge in [0.25, 0.3) is 5.91 Å². The van der Waals surface area contributed by atoms with Crippen LogP contribution in [0.4, 0.5) is 10.1 Å². The third-order valence-electron chi connectivity index (χ3n) is 2.89. The highest BCUT2D eigenvalue weighted by atomic mass is 35.5. The van der Waals surface area contributed by atoms with Crippen LogP contribution in [-0.2, 0) is 9.53 Å². The van der Waals surface area contributed by atoms with Crippen molar-refractivity contribution in [2.45, 2.75) is 6.10 Å². The largest absolute Gasteiger partial charge is 0.444 e. The van der Waals surface area contributed by atoms with Crippen molar-refractivity contribution < 1.29 is 18.7 Å². The molecule has 0 heterocycles. The zero-order valence-electron chi connectivity index (χ0n) is 11.3. The van der Waals surface area contributed by atoms with E-state index in [0.29, 0.717) is 5.02 Å². The number of hydrogen-bond donors (Lipinski definition) is 2. The van der Waals surface area contributed by atoms with Crippen LogP contribution in [0, 0.1) is 5.82 Å². The van der Waals surface area contributed by atoms with E-state index in [1.165, 1.54) is 30.3 Å². The second kappa shape index (κ2) is 6.44. The van der Waals surface area contributed by atoms with Crippen LogP contribution in [-0.4, -0.2) is 11.9 Å². The molecular formula is C15H12ClFN2O3. The van der Waals surface area contributed by atoms with Crippen molar-refractivity contribution in [3.05, 3.63) is 64.4 Å². The molecule has 2 rings (SSSR count). The Morgan fingerprint density at radius 3 is 2.32 bits per heavy atom. The number of carbonyl (C=O) groups excluding carboxylic acids is 2. The molecule has 0 aliphatic heterocycles. The lowest BCUT2D eigenvalue weighted by Crippen LogP contribution is -2.26. The normalized spacial score (nSPS) is 11.7. The Morgan fingerprint density at radius 1 is 1.14 bits per heavy atom. The number of esters is 1. The molecule has 1 amide bonds. The Balaban J connectivity index is 2.24. The number of rotatable bonds is 4. The molecule has 0 fully saturated rings. The van der Waals surface area contributed by atoms with E-state index in [-0.39, 0.29) is 16.8 Å². The zero-order valence-corrected chi connectivity index (χ0v) is 12.0. The van der Waals surface area contributed by atoms with Gasteiger partial charge in [0.15, 0.2) is 0 Å². The summed E-state index contributed by atoms with van der Waals surface area (Å²) >= 11 is 5.77. The molecule has 0 aliphatic rings. The molecule has 4 N–H and O–H groups in total. The van der Waals surface area contributed by atoms with E-state index in [4.69, 9.17) is 27.8 Å². The van der Waals surface area contributed by atoms with Gasteiger partial charge in [-0.15, -0.1) is 0 Å². The molecule has 0 saturated carbocycles. The van der Waals surface area contributed by atoms with Gasteiger partial charge in [0, 0.05) is 5.56 Å². The summed E-state index contributed by atoms with van der Waals surface area (Å²) < 4.78 is 18.0. The molecule has 2 aromatic carbocycles. The fourth-order valence-corrected chi connectivity index (χ4v) is 1.89. The van der Waals surface area contributed by atoms with Gasteiger partial charge in [-0.25, -0.2) is 9.18 Å². The number of ether oxygens (including phenoxy) is 1. The standard InChI is InChI=1S/C15H12ClFN2O3/c16-11-6-3-9(7-12(11)18)15(21)22-13(14(19)20)8-1-4-10(17)5-2-8/h1-7,13H,18H2,(H2,19,20)/t13-/m0/s1. The summed E-state index contributed by atoms with van der Waals surface area (Å²) in [5, 5.41) is 0.293. The lowest BCUT2D eigenvalue weighted by molar-refractivity contribution is -0.127. The molecular weight excluding hydrogens is 311 g/mol. The topological polar surface area (TPSA) is 95.4 Å². The Kier molecular flexibility index (Phi) is 4.62. The van der Waals surface area contributed by atoms with Crippen molar-refractivity contribution in [1.29, 1.82) is 0 Å². The molecule has 0 bridgehead atoms. The van der Waals surface area contributed by atoms with Crippen molar-refractivity contribution in [1.82, 2.24) is 0 Å². The Hall–Kier alpha value is -2.60. The first kappa shape index (κ1) is 15.8. The maximum absolute atomic E-state index is 12.9. The molecule has 2 aromatic rings. The van der Waals surface area contributed by atoms with Crippen LogP contribution in [0.25, 0.3) is 0 Å². The van der Waals surface area contributed by atoms with Crippen LogP contribution in [0.15, 0.2) is 42.5 Å². The summed E-state index contributed by atoms with van der Waals surface area (Å²) in [6, 6.07) is 9.07. The summed E-state index contributed by atoms with van der Waals surface area (Å²) in [5.41, 5.74) is 11.4. The average molecular weight is 323 g/mol. The minimum atomic E-state index is -1.33. The van der Waals surface area contributed by atoms with E-state index < -0.39 is 23.8 Å². The fourth-order valence-electron chi connectivity index (χ4n) is 1.77. The predicted molar refractivity (Wildman–Crippen MR) is 79.6 cm³/mol. The van der Waals surface area contributed by atoms with Gasteiger partial charge in [-0.3, -0.25) is 4.79 Å². The summed E-state index contributed by atoms with van der Waals surface area (Å²) in [4.78, 5) is 23.5. The van der Waals surface area contributed by atoms with Crippen LogP contribution in [0.2, 0.25) is 5.02 Å². The van der Waals surface area contributed by atoms with E-state index >= 15 is 0 Å². The third-order valence-corrected chi connectivity index (χ3v) is 3.23. The summed E-state index contributed by atoms with van der Waals surface area (Å²) in [5.74, 6) is -2.15. The molecule has 0 radical (unpaired) electrons. The maximum atomic E-state index is 12.9. The fraction of sp³-hybridized carbons (Fsp3) is 0.0667. The molecule has 0 aliphatic carbocycles. The van der Waals surface area contributed by atoms with Crippen LogP contribution in [0.5, 0.6) is 0 Å². The third kappa shape index (κ3) is 3.53. The van der Waals surface area contributed by atoms with Crippen molar-refractivity contribution >= 4 is 29.2 Å². The average Bonchev–Trinajstić information content (AvgIpc) is 2.48. The second-order valence-electron chi connectivity index (χ2n) is 4.48. The highest BCUT2D eigenvalue weighted by molar-refractivity contribution is 6.33. The van der Waals surface area contributed by atoms with Gasteiger partial charge in [0.05, 0.1) is 16.3 Å². The molecule has 5 nitrogen and oxygen atoms in total. The lowest BCUT2D eigenvalue weighted by Gasteiger charge is -2.15. The zero-order chi connectivity index (χ0) is 16.3. The highest BCUT2D eigenvalue weighted by Crippen LogP contribution is 2.23. The number of amides is 1. The van der Waals surface area contributed by atoms with Crippen LogP contribution in [0.3, 0.4) is 0 Å². The van der Waals surface area contributed by atoms with E-state index in [9.17, 15) is 14.0 Å². The van der Waals surface area contributed by atoms with Gasteiger partial charge in [-0.2, -0.15) is 0 Å². The van der Waals surface area contributed by atoms with Crippen LogP contribution >= 0.6 is 11.6 Å². The van der Waals surface area contributed by atoms with Crippen LogP contribution in [0.1, 0.15) is 22.0 Å². The van der Waals surface area contributed by atoms with Gasteiger partial charge in [0.1, 0.15) is 5.82 Å². The number of hydrogen-bond acceptors (Lipinski definition) is 4. The molecule has 0 saturated heterocycles. The van der Waals surface area contributed by atoms with E-state index in [0.717, 1.165) is 12.1 Å². The van der Waals surface area contributed by atoms with E-state index in [1.54, 1.807) is 0 Å². The molecule has 0 spiro atoms. The monoisotopic (exact) mass is 322 g/mol. The minimum absolute atomic E-state index is 0.121. The van der Waals surface area contributed by atoms with E-state index in [2.05, 4.69) is 0 Å². The van der Waals surface area contributed by atoms with Crippen molar-refractivity contribution in [3.8, 4) is 0 Å². The van der Waals surface area contributed by atoms with E-state index in [1.807, 2.05) is 0 Å². The minimum Gasteiger partial charge on any atom is -0.444 e. The first-order valence-electron chi connectivity index (χ1n) is 6.19. The number of anilines is 1. The maximum Gasteiger partial charge on any atom is 0.339 e. The highest BCUT2D eigenvalue weighted by Gasteiger charge is 2.23. The Labute approximate surface area is 130 Å². The summed E-state index contributed by atoms with van der Waals surface area (Å²) in [6.45, 7) is 0. The number of benzene rings is 2. The number of carbonyl (C=O) groups is 2. The molecule has 1 atom stereocenters. The smallest absolute Gasteiger partial charge is 0.339 e. The van der Waals surface area contributed by atoms with Crippen LogP contribution < -0.4 is 11.5 Å². The Bertz CT molecular complexity index is 719. The number of halogens is 2. The SMILES string of the molecule is NC(=O)[C@@H](OC(=O)c1ccc(Cl)c(N)c1)c1ccc(F)cc1. The van der Waals surface area contributed by atoms with Crippen molar-refractivity contribution in [2.75, 3.05) is 5.73 Å². The van der Waals surface area contributed by atoms with Gasteiger partial charge in [-0.05, 0) is 30.3 Å². The van der Waals surface area contributed by atoms with Gasteiger partial charge >= 0.3 is 5.97 Å². The Morgan fingerprint density at radius 2 is 1.77 bits per heavy atom. The van der Waals surface area contributed by atoms with Gasteiger partial charge < -0.3 is 16.2 Å². The number of nitrogens with two attached hydrogens (primary N) is 2. The number of nitrogen functional groups attached to an aromatic ring is 1. The second-order valence-corrected chi connectivity index (χ2v) is 4.88. The molecule has 0 unspecified atom stereocenters. The molecule has 22 heavy (non-hydrogen) atoms. The first-order valence-corrected chi connectivity index (χ1v) is 6.57. The first-order chi connectivity index (χ1) is 10.4. The van der Waals surface area contributed by atoms with Gasteiger partial charge in [0.2, 0.25) is 6.10 Å². The van der Waals surface area contributed by atoms with Crippen molar-refractivity contribution in [3.63, 3.8) is 0 Å². The molecule has 7 heteroatoms. The quantitative estimate of drug-likeness (QED) is 0.667. The molecule has 114 valence electrons. The summed E-state index contributed by atoms with van der Waals surface area (Å²) in [7, 11) is 0. The summed E-state index contributed by atoms with van der Waals surface area (Å²) in [6.07, 6.45) is -1.33. The lowest BCUT2D eigenvalue weighted by atomic mass is 10.1.